The summed E-state index contributed by atoms with van der Waals surface area (Å²) in [6.45, 7) is -0.338. The molecule has 0 spiro atoms. The Kier molecular flexibility index (Phi) is 7.14. The fourth-order valence-electron chi connectivity index (χ4n) is 2.71. The van der Waals surface area contributed by atoms with Crippen molar-refractivity contribution in [3.63, 3.8) is 0 Å². The second-order valence-corrected chi connectivity index (χ2v) is 5.72. The SMILES string of the molecule is COc1cc(CCCc2cccc(OCC(=O)O)c2)cc(OC)c1OC. The summed E-state index contributed by atoms with van der Waals surface area (Å²) in [6.07, 6.45) is 2.61. The number of carboxylic acids is 1. The number of aliphatic carboxylic acids is 1. The number of methoxy groups -OCH3 is 3. The highest BCUT2D eigenvalue weighted by Gasteiger charge is 2.13. The third-order valence-electron chi connectivity index (χ3n) is 3.92. The monoisotopic (exact) mass is 360 g/mol. The number of benzene rings is 2. The van der Waals surface area contributed by atoms with Crippen molar-refractivity contribution in [1.29, 1.82) is 0 Å². The Hall–Kier alpha value is -2.89. The average molecular weight is 360 g/mol. The van der Waals surface area contributed by atoms with Crippen molar-refractivity contribution in [3.05, 3.63) is 47.5 Å². The molecule has 2 aromatic carbocycles. The van der Waals surface area contributed by atoms with E-state index in [0.29, 0.717) is 23.0 Å². The van der Waals surface area contributed by atoms with Gasteiger partial charge in [-0.2, -0.15) is 0 Å². The number of aryl methyl sites for hydroxylation is 2. The number of carbonyl (C=O) groups is 1. The molecular formula is C20H24O6. The van der Waals surface area contributed by atoms with Crippen LogP contribution in [0.5, 0.6) is 23.0 Å². The van der Waals surface area contributed by atoms with Gasteiger partial charge in [-0.1, -0.05) is 12.1 Å². The Morgan fingerprint density at radius 3 is 2.15 bits per heavy atom. The minimum atomic E-state index is -0.988. The quantitative estimate of drug-likeness (QED) is 0.700. The number of rotatable bonds is 10. The average Bonchev–Trinajstić information content (AvgIpc) is 2.65. The minimum Gasteiger partial charge on any atom is -0.493 e. The molecule has 0 aliphatic carbocycles. The van der Waals surface area contributed by atoms with Gasteiger partial charge >= 0.3 is 5.97 Å². The van der Waals surface area contributed by atoms with Crippen molar-refractivity contribution in [2.75, 3.05) is 27.9 Å². The van der Waals surface area contributed by atoms with E-state index in [-0.39, 0.29) is 6.61 Å². The van der Waals surface area contributed by atoms with Gasteiger partial charge in [0.1, 0.15) is 5.75 Å². The van der Waals surface area contributed by atoms with E-state index in [1.54, 1.807) is 27.4 Å². The highest BCUT2D eigenvalue weighted by Crippen LogP contribution is 2.38. The van der Waals surface area contributed by atoms with Crippen LogP contribution in [-0.4, -0.2) is 39.0 Å². The molecule has 0 saturated heterocycles. The first-order valence-corrected chi connectivity index (χ1v) is 8.29. The van der Waals surface area contributed by atoms with Crippen LogP contribution in [0, 0.1) is 0 Å². The van der Waals surface area contributed by atoms with Gasteiger partial charge in [-0.25, -0.2) is 4.79 Å². The van der Waals surface area contributed by atoms with E-state index in [0.717, 1.165) is 30.4 Å². The zero-order valence-electron chi connectivity index (χ0n) is 15.3. The zero-order valence-corrected chi connectivity index (χ0v) is 15.3. The van der Waals surface area contributed by atoms with Gasteiger partial charge in [-0.3, -0.25) is 0 Å². The van der Waals surface area contributed by atoms with Crippen molar-refractivity contribution < 1.29 is 28.8 Å². The molecule has 0 radical (unpaired) electrons. The Bertz CT molecular complexity index is 716. The van der Waals surface area contributed by atoms with Crippen molar-refractivity contribution >= 4 is 5.97 Å². The van der Waals surface area contributed by atoms with E-state index in [2.05, 4.69) is 0 Å². The van der Waals surface area contributed by atoms with Crippen molar-refractivity contribution in [2.45, 2.75) is 19.3 Å². The molecule has 2 aromatic rings. The standard InChI is InChI=1S/C20H24O6/c1-23-17-11-15(12-18(24-2)20(17)25-3)8-4-6-14-7-5-9-16(10-14)26-13-19(21)22/h5,7,9-12H,4,6,8,13H2,1-3H3,(H,21,22). The predicted molar refractivity (Wildman–Crippen MR) is 97.7 cm³/mol. The van der Waals surface area contributed by atoms with Crippen LogP contribution >= 0.6 is 0 Å². The van der Waals surface area contributed by atoms with Gasteiger partial charge in [0.2, 0.25) is 5.75 Å². The van der Waals surface area contributed by atoms with Gasteiger partial charge in [0.25, 0.3) is 0 Å². The summed E-state index contributed by atoms with van der Waals surface area (Å²) < 4.78 is 21.3. The first-order valence-electron chi connectivity index (χ1n) is 8.29. The molecule has 0 aliphatic rings. The smallest absolute Gasteiger partial charge is 0.341 e. The summed E-state index contributed by atoms with van der Waals surface area (Å²) in [5.74, 6) is 1.45. The molecule has 26 heavy (non-hydrogen) atoms. The Morgan fingerprint density at radius 1 is 0.923 bits per heavy atom. The summed E-state index contributed by atoms with van der Waals surface area (Å²) in [5, 5.41) is 8.68. The Balaban J connectivity index is 1.99. The molecule has 0 heterocycles. The van der Waals surface area contributed by atoms with Crippen LogP contribution in [-0.2, 0) is 17.6 Å². The zero-order chi connectivity index (χ0) is 18.9. The lowest BCUT2D eigenvalue weighted by atomic mass is 10.0. The van der Waals surface area contributed by atoms with Crippen LogP contribution in [0.25, 0.3) is 0 Å². The molecule has 6 heteroatoms. The fraction of sp³-hybridized carbons (Fsp3) is 0.350. The first kappa shape index (κ1) is 19.4. The molecule has 1 N–H and O–H groups in total. The van der Waals surface area contributed by atoms with E-state index in [1.165, 1.54) is 0 Å². The molecule has 0 amide bonds. The van der Waals surface area contributed by atoms with Crippen molar-refractivity contribution in [2.24, 2.45) is 0 Å². The molecule has 140 valence electrons. The van der Waals surface area contributed by atoms with E-state index >= 15 is 0 Å². The van der Waals surface area contributed by atoms with Crippen LogP contribution in [0.15, 0.2) is 36.4 Å². The summed E-state index contributed by atoms with van der Waals surface area (Å²) >= 11 is 0. The van der Waals surface area contributed by atoms with Crippen molar-refractivity contribution in [3.8, 4) is 23.0 Å². The molecule has 0 aromatic heterocycles. The lowest BCUT2D eigenvalue weighted by molar-refractivity contribution is -0.139. The highest BCUT2D eigenvalue weighted by molar-refractivity contribution is 5.68. The number of hydrogen-bond acceptors (Lipinski definition) is 5. The van der Waals surface area contributed by atoms with E-state index in [9.17, 15) is 4.79 Å². The first-order chi connectivity index (χ1) is 12.6. The van der Waals surface area contributed by atoms with Crippen LogP contribution in [0.2, 0.25) is 0 Å². The molecule has 0 unspecified atom stereocenters. The maximum Gasteiger partial charge on any atom is 0.341 e. The maximum absolute atomic E-state index is 10.6. The van der Waals surface area contributed by atoms with E-state index in [1.807, 2.05) is 30.3 Å². The van der Waals surface area contributed by atoms with Gasteiger partial charge in [0.15, 0.2) is 18.1 Å². The summed E-state index contributed by atoms with van der Waals surface area (Å²) in [6, 6.07) is 11.4. The second-order valence-electron chi connectivity index (χ2n) is 5.72. The molecule has 0 fully saturated rings. The second kappa shape index (κ2) is 9.56. The van der Waals surface area contributed by atoms with E-state index in [4.69, 9.17) is 24.1 Å². The Morgan fingerprint density at radius 2 is 1.58 bits per heavy atom. The topological polar surface area (TPSA) is 74.2 Å². The molecule has 0 saturated carbocycles. The predicted octanol–water partition coefficient (Wildman–Crippen LogP) is 3.35. The molecular weight excluding hydrogens is 336 g/mol. The van der Waals surface area contributed by atoms with Crippen LogP contribution < -0.4 is 18.9 Å². The third kappa shape index (κ3) is 5.31. The van der Waals surface area contributed by atoms with Gasteiger partial charge in [0, 0.05) is 0 Å². The maximum atomic E-state index is 10.6. The van der Waals surface area contributed by atoms with Crippen LogP contribution in [0.1, 0.15) is 17.5 Å². The van der Waals surface area contributed by atoms with Gasteiger partial charge in [0.05, 0.1) is 21.3 Å². The lowest BCUT2D eigenvalue weighted by Crippen LogP contribution is -2.09. The molecule has 2 rings (SSSR count). The van der Waals surface area contributed by atoms with Crippen LogP contribution in [0.3, 0.4) is 0 Å². The summed E-state index contributed by atoms with van der Waals surface area (Å²) in [7, 11) is 4.78. The lowest BCUT2D eigenvalue weighted by Gasteiger charge is -2.14. The Labute approximate surface area is 153 Å². The van der Waals surface area contributed by atoms with Gasteiger partial charge < -0.3 is 24.1 Å². The number of carboxylic acid groups (broad SMARTS) is 1. The van der Waals surface area contributed by atoms with Gasteiger partial charge in [-0.15, -0.1) is 0 Å². The largest absolute Gasteiger partial charge is 0.493 e. The van der Waals surface area contributed by atoms with Crippen molar-refractivity contribution in [1.82, 2.24) is 0 Å². The molecule has 0 aliphatic heterocycles. The number of hydrogen-bond donors (Lipinski definition) is 1. The minimum absolute atomic E-state index is 0.338. The van der Waals surface area contributed by atoms with E-state index < -0.39 is 5.97 Å². The molecule has 0 atom stereocenters. The number of ether oxygens (including phenoxy) is 4. The fourth-order valence-corrected chi connectivity index (χ4v) is 2.71. The van der Waals surface area contributed by atoms with Gasteiger partial charge in [-0.05, 0) is 54.7 Å². The molecule has 6 nitrogen and oxygen atoms in total. The third-order valence-corrected chi connectivity index (χ3v) is 3.92. The van der Waals surface area contributed by atoms with Crippen LogP contribution in [0.4, 0.5) is 0 Å². The summed E-state index contributed by atoms with van der Waals surface area (Å²) in [5.41, 5.74) is 2.19. The highest BCUT2D eigenvalue weighted by atomic mass is 16.5. The normalized spacial score (nSPS) is 10.3. The summed E-state index contributed by atoms with van der Waals surface area (Å²) in [4.78, 5) is 10.6. The molecule has 0 bridgehead atoms.